The summed E-state index contributed by atoms with van der Waals surface area (Å²) in [5.41, 5.74) is 4.64. The Bertz CT molecular complexity index is 722. The molecule has 1 unspecified atom stereocenters. The molecule has 1 aromatic carbocycles. The van der Waals surface area contributed by atoms with Gasteiger partial charge in [0, 0.05) is 25.3 Å². The van der Waals surface area contributed by atoms with E-state index in [1.165, 1.54) is 16.8 Å². The number of nitrogens with zero attached hydrogens (tertiary/aromatic N) is 3. The number of aryl methyl sites for hydroxylation is 3. The molecule has 1 amide bonds. The molecule has 1 atom stereocenters. The van der Waals surface area contributed by atoms with E-state index in [0.717, 1.165) is 25.2 Å². The lowest BCUT2D eigenvalue weighted by Gasteiger charge is -2.17. The van der Waals surface area contributed by atoms with Gasteiger partial charge in [-0.05, 0) is 44.4 Å². The van der Waals surface area contributed by atoms with E-state index in [2.05, 4.69) is 52.0 Å². The lowest BCUT2D eigenvalue weighted by Crippen LogP contribution is -2.36. The van der Waals surface area contributed by atoms with Crippen molar-refractivity contribution in [3.8, 4) is 0 Å². The summed E-state index contributed by atoms with van der Waals surface area (Å²) in [6.45, 7) is 9.08. The highest BCUT2D eigenvalue weighted by atomic mass is 16.2. The van der Waals surface area contributed by atoms with Gasteiger partial charge in [0.25, 0.3) is 0 Å². The summed E-state index contributed by atoms with van der Waals surface area (Å²) in [5, 5.41) is 7.61. The number of hydrogen-bond donors (Lipinski definition) is 1. The number of aromatic nitrogens is 2. The second-order valence-corrected chi connectivity index (χ2v) is 6.75. The maximum absolute atomic E-state index is 12.2. The second-order valence-electron chi connectivity index (χ2n) is 6.75. The highest BCUT2D eigenvalue weighted by molar-refractivity contribution is 5.78. The number of likely N-dealkylation sites (tertiary alicyclic amines) is 1. The van der Waals surface area contributed by atoms with Gasteiger partial charge in [-0.15, -0.1) is 0 Å². The number of amides is 1. The van der Waals surface area contributed by atoms with Crippen LogP contribution in [-0.4, -0.2) is 40.2 Å². The number of rotatable bonds is 5. The molecule has 1 fully saturated rings. The van der Waals surface area contributed by atoms with Crippen molar-refractivity contribution in [2.45, 2.75) is 39.8 Å². The van der Waals surface area contributed by atoms with Crippen LogP contribution >= 0.6 is 0 Å². The monoisotopic (exact) mass is 326 g/mol. The van der Waals surface area contributed by atoms with Crippen molar-refractivity contribution in [3.05, 3.63) is 52.8 Å². The Morgan fingerprint density at radius 2 is 2.08 bits per heavy atom. The zero-order chi connectivity index (χ0) is 17.1. The molecule has 1 aliphatic heterocycles. The Morgan fingerprint density at radius 3 is 2.79 bits per heavy atom. The molecule has 5 heteroatoms. The standard InChI is InChI=1S/C19H26N4O/c1-14-6-4-5-7-17(14)11-20-19(24)13-22-9-8-18(12-22)23-16(3)10-15(2)21-23/h4-7,10,18H,8-9,11-13H2,1-3H3,(H,20,24). The summed E-state index contributed by atoms with van der Waals surface area (Å²) >= 11 is 0. The molecule has 24 heavy (non-hydrogen) atoms. The van der Waals surface area contributed by atoms with E-state index >= 15 is 0 Å². The number of benzene rings is 1. The molecule has 1 aliphatic rings. The average molecular weight is 326 g/mol. The van der Waals surface area contributed by atoms with Gasteiger partial charge in [0.2, 0.25) is 5.91 Å². The first kappa shape index (κ1) is 16.7. The molecule has 5 nitrogen and oxygen atoms in total. The molecule has 128 valence electrons. The minimum atomic E-state index is 0.0901. The second kappa shape index (κ2) is 7.18. The van der Waals surface area contributed by atoms with Crippen molar-refractivity contribution >= 4 is 5.91 Å². The summed E-state index contributed by atoms with van der Waals surface area (Å²) in [6.07, 6.45) is 1.05. The lowest BCUT2D eigenvalue weighted by atomic mass is 10.1. The molecule has 0 radical (unpaired) electrons. The molecule has 2 aromatic rings. The van der Waals surface area contributed by atoms with Crippen LogP contribution in [0.3, 0.4) is 0 Å². The lowest BCUT2D eigenvalue weighted by molar-refractivity contribution is -0.122. The van der Waals surface area contributed by atoms with E-state index in [1.54, 1.807) is 0 Å². The Labute approximate surface area is 143 Å². The summed E-state index contributed by atoms with van der Waals surface area (Å²) in [7, 11) is 0. The molecule has 0 saturated carbocycles. The molecular formula is C19H26N4O. The average Bonchev–Trinajstić information content (AvgIpc) is 3.12. The third kappa shape index (κ3) is 3.85. The van der Waals surface area contributed by atoms with Crippen LogP contribution in [-0.2, 0) is 11.3 Å². The first-order chi connectivity index (χ1) is 11.5. The maximum Gasteiger partial charge on any atom is 0.234 e. The van der Waals surface area contributed by atoms with Gasteiger partial charge in [-0.3, -0.25) is 14.4 Å². The van der Waals surface area contributed by atoms with E-state index in [-0.39, 0.29) is 5.91 Å². The molecule has 1 aromatic heterocycles. The van der Waals surface area contributed by atoms with Gasteiger partial charge in [0.1, 0.15) is 0 Å². The van der Waals surface area contributed by atoms with Gasteiger partial charge < -0.3 is 5.32 Å². The zero-order valence-electron chi connectivity index (χ0n) is 14.7. The Kier molecular flexibility index (Phi) is 5.00. The van der Waals surface area contributed by atoms with Crippen molar-refractivity contribution in [1.82, 2.24) is 20.0 Å². The fraction of sp³-hybridized carbons (Fsp3) is 0.474. The van der Waals surface area contributed by atoms with Crippen LogP contribution in [0.4, 0.5) is 0 Å². The first-order valence-corrected chi connectivity index (χ1v) is 8.59. The van der Waals surface area contributed by atoms with E-state index in [1.807, 2.05) is 19.1 Å². The minimum Gasteiger partial charge on any atom is -0.351 e. The van der Waals surface area contributed by atoms with Crippen LogP contribution in [0.2, 0.25) is 0 Å². The van der Waals surface area contributed by atoms with Crippen molar-refractivity contribution in [1.29, 1.82) is 0 Å². The predicted molar refractivity (Wildman–Crippen MR) is 94.8 cm³/mol. The SMILES string of the molecule is Cc1cc(C)n(C2CCN(CC(=O)NCc3ccccc3C)C2)n1. The summed E-state index contributed by atoms with van der Waals surface area (Å²) in [4.78, 5) is 14.4. The first-order valence-electron chi connectivity index (χ1n) is 8.59. The normalized spacial score (nSPS) is 18.0. The number of carbonyl (C=O) groups is 1. The number of carbonyl (C=O) groups excluding carboxylic acids is 1. The third-order valence-electron chi connectivity index (χ3n) is 4.74. The largest absolute Gasteiger partial charge is 0.351 e. The van der Waals surface area contributed by atoms with E-state index in [0.29, 0.717) is 19.1 Å². The third-order valence-corrected chi connectivity index (χ3v) is 4.74. The fourth-order valence-corrected chi connectivity index (χ4v) is 3.43. The van der Waals surface area contributed by atoms with Gasteiger partial charge in [-0.2, -0.15) is 5.10 Å². The van der Waals surface area contributed by atoms with Crippen molar-refractivity contribution < 1.29 is 4.79 Å². The van der Waals surface area contributed by atoms with Crippen LogP contribution in [0.5, 0.6) is 0 Å². The minimum absolute atomic E-state index is 0.0901. The van der Waals surface area contributed by atoms with Crippen molar-refractivity contribution in [2.75, 3.05) is 19.6 Å². The van der Waals surface area contributed by atoms with E-state index in [4.69, 9.17) is 0 Å². The molecule has 3 rings (SSSR count). The van der Waals surface area contributed by atoms with Crippen LogP contribution in [0.1, 0.15) is 35.0 Å². The van der Waals surface area contributed by atoms with Gasteiger partial charge >= 0.3 is 0 Å². The molecule has 2 heterocycles. The number of nitrogens with one attached hydrogen (secondary N) is 1. The van der Waals surface area contributed by atoms with Crippen LogP contribution in [0.25, 0.3) is 0 Å². The summed E-state index contributed by atoms with van der Waals surface area (Å²) < 4.78 is 2.11. The van der Waals surface area contributed by atoms with Gasteiger partial charge in [-0.1, -0.05) is 24.3 Å². The molecule has 0 spiro atoms. The Hall–Kier alpha value is -2.14. The van der Waals surface area contributed by atoms with Gasteiger partial charge in [0.15, 0.2) is 0 Å². The van der Waals surface area contributed by atoms with Crippen LogP contribution in [0.15, 0.2) is 30.3 Å². The van der Waals surface area contributed by atoms with Gasteiger partial charge in [-0.25, -0.2) is 0 Å². The Balaban J connectivity index is 1.49. The van der Waals surface area contributed by atoms with Gasteiger partial charge in [0.05, 0.1) is 18.3 Å². The molecule has 1 saturated heterocycles. The molecule has 0 aliphatic carbocycles. The quantitative estimate of drug-likeness (QED) is 0.918. The van der Waals surface area contributed by atoms with E-state index < -0.39 is 0 Å². The summed E-state index contributed by atoms with van der Waals surface area (Å²) in [6, 6.07) is 10.6. The molecular weight excluding hydrogens is 300 g/mol. The zero-order valence-corrected chi connectivity index (χ0v) is 14.7. The number of hydrogen-bond acceptors (Lipinski definition) is 3. The maximum atomic E-state index is 12.2. The fourth-order valence-electron chi connectivity index (χ4n) is 3.43. The predicted octanol–water partition coefficient (Wildman–Crippen LogP) is 2.37. The molecule has 1 N–H and O–H groups in total. The van der Waals surface area contributed by atoms with E-state index in [9.17, 15) is 4.79 Å². The highest BCUT2D eigenvalue weighted by Crippen LogP contribution is 2.22. The topological polar surface area (TPSA) is 50.2 Å². The highest BCUT2D eigenvalue weighted by Gasteiger charge is 2.26. The summed E-state index contributed by atoms with van der Waals surface area (Å²) in [5.74, 6) is 0.0901. The van der Waals surface area contributed by atoms with Crippen molar-refractivity contribution in [2.24, 2.45) is 0 Å². The Morgan fingerprint density at radius 1 is 1.29 bits per heavy atom. The molecule has 0 bridgehead atoms. The van der Waals surface area contributed by atoms with Crippen LogP contribution < -0.4 is 5.32 Å². The smallest absolute Gasteiger partial charge is 0.234 e. The van der Waals surface area contributed by atoms with Crippen LogP contribution in [0, 0.1) is 20.8 Å². The van der Waals surface area contributed by atoms with Crippen molar-refractivity contribution in [3.63, 3.8) is 0 Å².